The lowest BCUT2D eigenvalue weighted by atomic mass is 10.0. The summed E-state index contributed by atoms with van der Waals surface area (Å²) in [6.45, 7) is 3.87. The van der Waals surface area contributed by atoms with E-state index in [-0.39, 0.29) is 18.6 Å². The molecule has 1 aliphatic carbocycles. The van der Waals surface area contributed by atoms with E-state index in [2.05, 4.69) is 36.0 Å². The van der Waals surface area contributed by atoms with Crippen LogP contribution in [0.1, 0.15) is 32.5 Å². The van der Waals surface area contributed by atoms with E-state index in [4.69, 9.17) is 4.74 Å². The van der Waals surface area contributed by atoms with Crippen LogP contribution in [0.5, 0.6) is 0 Å². The maximum atomic E-state index is 11.7. The lowest BCUT2D eigenvalue weighted by Gasteiger charge is -2.15. The number of allylic oxidation sites excluding steroid dienone is 4. The molecule has 0 aliphatic heterocycles. The van der Waals surface area contributed by atoms with Crippen molar-refractivity contribution < 1.29 is 9.53 Å². The van der Waals surface area contributed by atoms with Crippen LogP contribution in [0.4, 0.5) is 11.6 Å². The fourth-order valence-electron chi connectivity index (χ4n) is 3.08. The number of carbonyl (C=O) groups excluding carboxylic acids is 1. The van der Waals surface area contributed by atoms with Gasteiger partial charge >= 0.3 is 0 Å². The van der Waals surface area contributed by atoms with Crippen molar-refractivity contribution in [1.82, 2.24) is 30.7 Å². The zero-order valence-electron chi connectivity index (χ0n) is 16.3. The summed E-state index contributed by atoms with van der Waals surface area (Å²) in [6.07, 6.45) is 7.07. The monoisotopic (exact) mass is 393 g/mol. The fourth-order valence-corrected chi connectivity index (χ4v) is 3.08. The summed E-state index contributed by atoms with van der Waals surface area (Å²) in [5.41, 5.74) is 2.91. The van der Waals surface area contributed by atoms with Gasteiger partial charge in [-0.3, -0.25) is 9.89 Å². The molecule has 1 amide bonds. The van der Waals surface area contributed by atoms with Crippen molar-refractivity contribution >= 4 is 34.0 Å². The van der Waals surface area contributed by atoms with Gasteiger partial charge in [-0.1, -0.05) is 6.08 Å². The van der Waals surface area contributed by atoms with Crippen LogP contribution >= 0.6 is 0 Å². The number of nitrogens with one attached hydrogen (secondary N) is 4. The normalized spacial score (nSPS) is 13.9. The molecular formula is C20H23N7O2. The van der Waals surface area contributed by atoms with Crippen LogP contribution in [0.25, 0.3) is 16.5 Å². The van der Waals surface area contributed by atoms with E-state index in [1.165, 1.54) is 0 Å². The number of fused-ring (bicyclic) bond motifs is 1. The van der Waals surface area contributed by atoms with Crippen molar-refractivity contribution in [2.24, 2.45) is 0 Å². The third-order valence-corrected chi connectivity index (χ3v) is 4.44. The predicted octanol–water partition coefficient (Wildman–Crippen LogP) is 3.03. The Morgan fingerprint density at radius 1 is 1.24 bits per heavy atom. The topological polar surface area (TPSA) is 121 Å². The van der Waals surface area contributed by atoms with Crippen molar-refractivity contribution in [3.63, 3.8) is 0 Å². The summed E-state index contributed by atoms with van der Waals surface area (Å²) in [6, 6.07) is 6.00. The van der Waals surface area contributed by atoms with E-state index in [9.17, 15) is 4.79 Å². The highest BCUT2D eigenvalue weighted by Gasteiger charge is 2.14. The van der Waals surface area contributed by atoms with Crippen LogP contribution < -0.4 is 10.6 Å². The van der Waals surface area contributed by atoms with E-state index in [1.807, 2.05) is 44.2 Å². The lowest BCUT2D eigenvalue weighted by molar-refractivity contribution is -0.125. The third-order valence-electron chi connectivity index (χ3n) is 4.44. The molecule has 0 unspecified atom stereocenters. The van der Waals surface area contributed by atoms with Gasteiger partial charge < -0.3 is 20.4 Å². The molecule has 4 rings (SSSR count). The number of amides is 1. The van der Waals surface area contributed by atoms with Crippen molar-refractivity contribution in [3.8, 4) is 0 Å². The molecule has 0 fully saturated rings. The smallest absolute Gasteiger partial charge is 0.258 e. The SMILES string of the molecule is CC(C)NC(=O)COC1=CC=C(c2nnc(Nc3ccc4[nH]ncc4c3)[nH]2)CC1. The molecule has 0 bridgehead atoms. The summed E-state index contributed by atoms with van der Waals surface area (Å²) < 4.78 is 5.58. The van der Waals surface area contributed by atoms with Crippen molar-refractivity contribution in [2.75, 3.05) is 11.9 Å². The second kappa shape index (κ2) is 8.17. The fraction of sp³-hybridized carbons (Fsp3) is 0.300. The van der Waals surface area contributed by atoms with Crippen LogP contribution in [-0.4, -0.2) is 43.9 Å². The van der Waals surface area contributed by atoms with Crippen molar-refractivity contribution in [2.45, 2.75) is 32.7 Å². The molecule has 4 N–H and O–H groups in total. The number of anilines is 2. The Morgan fingerprint density at radius 2 is 2.14 bits per heavy atom. The third kappa shape index (κ3) is 4.63. The first-order valence-corrected chi connectivity index (χ1v) is 9.52. The molecule has 0 saturated carbocycles. The molecule has 1 aromatic carbocycles. The molecule has 9 nitrogen and oxygen atoms in total. The van der Waals surface area contributed by atoms with E-state index < -0.39 is 0 Å². The molecule has 3 aromatic rings. The Hall–Kier alpha value is -3.62. The minimum Gasteiger partial charge on any atom is -0.488 e. The molecule has 150 valence electrons. The molecular weight excluding hydrogens is 370 g/mol. The molecule has 0 radical (unpaired) electrons. The van der Waals surface area contributed by atoms with Crippen LogP contribution in [0.3, 0.4) is 0 Å². The number of ether oxygens (including phenoxy) is 1. The quantitative estimate of drug-likeness (QED) is 0.490. The van der Waals surface area contributed by atoms with Gasteiger partial charge in [0.15, 0.2) is 12.4 Å². The van der Waals surface area contributed by atoms with Gasteiger partial charge in [0.1, 0.15) is 0 Å². The second-order valence-electron chi connectivity index (χ2n) is 7.16. The van der Waals surface area contributed by atoms with Gasteiger partial charge in [-0.05, 0) is 50.1 Å². The first-order valence-electron chi connectivity index (χ1n) is 9.52. The van der Waals surface area contributed by atoms with Crippen molar-refractivity contribution in [3.05, 3.63) is 48.1 Å². The number of hydrogen-bond acceptors (Lipinski definition) is 6. The average molecular weight is 393 g/mol. The highest BCUT2D eigenvalue weighted by Crippen LogP contribution is 2.26. The highest BCUT2D eigenvalue weighted by molar-refractivity contribution is 5.82. The Morgan fingerprint density at radius 3 is 2.93 bits per heavy atom. The van der Waals surface area contributed by atoms with E-state index in [0.717, 1.165) is 34.3 Å². The Bertz CT molecular complexity index is 1080. The summed E-state index contributed by atoms with van der Waals surface area (Å²) in [4.78, 5) is 14.9. The molecule has 2 heterocycles. The zero-order valence-corrected chi connectivity index (χ0v) is 16.3. The largest absolute Gasteiger partial charge is 0.488 e. The zero-order chi connectivity index (χ0) is 20.2. The van der Waals surface area contributed by atoms with E-state index >= 15 is 0 Å². The van der Waals surface area contributed by atoms with Crippen LogP contribution in [0, 0.1) is 0 Å². The maximum Gasteiger partial charge on any atom is 0.258 e. The number of rotatable bonds is 7. The van der Waals surface area contributed by atoms with Crippen LogP contribution in [-0.2, 0) is 9.53 Å². The number of hydrogen-bond donors (Lipinski definition) is 4. The number of nitrogens with zero attached hydrogens (tertiary/aromatic N) is 3. The highest BCUT2D eigenvalue weighted by atomic mass is 16.5. The first kappa shape index (κ1) is 18.7. The summed E-state index contributed by atoms with van der Waals surface area (Å²) >= 11 is 0. The van der Waals surface area contributed by atoms with Gasteiger partial charge in [0.2, 0.25) is 5.95 Å². The van der Waals surface area contributed by atoms with Gasteiger partial charge in [0.25, 0.3) is 5.91 Å². The molecule has 0 spiro atoms. The van der Waals surface area contributed by atoms with E-state index in [1.54, 1.807) is 6.20 Å². The van der Waals surface area contributed by atoms with Crippen molar-refractivity contribution in [1.29, 1.82) is 0 Å². The number of benzene rings is 1. The lowest BCUT2D eigenvalue weighted by Crippen LogP contribution is -2.33. The summed E-state index contributed by atoms with van der Waals surface area (Å²) in [7, 11) is 0. The Labute approximate surface area is 167 Å². The van der Waals surface area contributed by atoms with Gasteiger partial charge in [-0.15, -0.1) is 10.2 Å². The summed E-state index contributed by atoms with van der Waals surface area (Å²) in [5, 5.41) is 22.4. The maximum absolute atomic E-state index is 11.7. The standard InChI is InChI=1S/C20H23N7O2/c1-12(2)22-18(28)11-29-16-6-3-13(4-7-16)19-24-20(27-26-19)23-15-5-8-17-14(9-15)10-21-25-17/h3,5-6,8-10,12H,4,7,11H2,1-2H3,(H,21,25)(H,22,28)(H2,23,24,26,27). The number of aromatic amines is 2. The number of aromatic nitrogens is 5. The average Bonchev–Trinajstić information content (AvgIpc) is 3.35. The number of H-pyrrole nitrogens is 2. The molecule has 9 heteroatoms. The van der Waals surface area contributed by atoms with Gasteiger partial charge in [0, 0.05) is 23.5 Å². The minimum absolute atomic E-state index is 0.0323. The Balaban J connectivity index is 1.37. The summed E-state index contributed by atoms with van der Waals surface area (Å²) in [5.74, 6) is 1.96. The van der Waals surface area contributed by atoms with E-state index in [0.29, 0.717) is 18.2 Å². The minimum atomic E-state index is -0.116. The van der Waals surface area contributed by atoms with Gasteiger partial charge in [0.05, 0.1) is 17.5 Å². The molecule has 1 aliphatic rings. The second-order valence-corrected chi connectivity index (χ2v) is 7.16. The predicted molar refractivity (Wildman–Crippen MR) is 110 cm³/mol. The van der Waals surface area contributed by atoms with Gasteiger partial charge in [-0.2, -0.15) is 5.10 Å². The molecule has 2 aromatic heterocycles. The van der Waals surface area contributed by atoms with Crippen LogP contribution in [0.15, 0.2) is 42.3 Å². The Kier molecular flexibility index (Phi) is 5.28. The van der Waals surface area contributed by atoms with Gasteiger partial charge in [-0.25, -0.2) is 0 Å². The molecule has 29 heavy (non-hydrogen) atoms. The molecule has 0 atom stereocenters. The first-order chi connectivity index (χ1) is 14.1. The number of carbonyl (C=O) groups is 1. The van der Waals surface area contributed by atoms with Crippen LogP contribution in [0.2, 0.25) is 0 Å². The molecule has 0 saturated heterocycles.